The van der Waals surface area contributed by atoms with E-state index in [1.165, 1.54) is 31.2 Å². The lowest BCUT2D eigenvalue weighted by Crippen LogP contribution is -2.15. The van der Waals surface area contributed by atoms with Crippen molar-refractivity contribution >= 4 is 18.3 Å². The molecule has 1 aliphatic rings. The molecular weight excluding hydrogens is 222 g/mol. The van der Waals surface area contributed by atoms with E-state index in [-0.39, 0.29) is 18.3 Å². The largest absolute Gasteiger partial charge is 0.369 e. The molecule has 0 aromatic heterocycles. The Morgan fingerprint density at radius 3 is 2.50 bits per heavy atom. The molecule has 1 saturated carbocycles. The average molecular weight is 240 g/mol. The van der Waals surface area contributed by atoms with Crippen LogP contribution in [0.15, 0.2) is 24.3 Å². The summed E-state index contributed by atoms with van der Waals surface area (Å²) in [5, 5.41) is 0. The number of amides is 1. The van der Waals surface area contributed by atoms with Crippen LogP contribution in [-0.2, 0) is 11.2 Å². The highest BCUT2D eigenvalue weighted by atomic mass is 35.5. The molecule has 1 aromatic carbocycles. The predicted octanol–water partition coefficient (Wildman–Crippen LogP) is 2.79. The number of nitrogens with two attached hydrogens (primary N) is 1. The van der Waals surface area contributed by atoms with Gasteiger partial charge in [0.1, 0.15) is 0 Å². The number of carbonyl (C=O) groups excluding carboxylic acids is 1. The molecule has 0 bridgehead atoms. The Kier molecular flexibility index (Phi) is 4.81. The van der Waals surface area contributed by atoms with Gasteiger partial charge in [0.05, 0.1) is 6.42 Å². The zero-order valence-corrected chi connectivity index (χ0v) is 10.1. The highest BCUT2D eigenvalue weighted by molar-refractivity contribution is 5.85. The fourth-order valence-electron chi connectivity index (χ4n) is 2.52. The van der Waals surface area contributed by atoms with Gasteiger partial charge in [-0.1, -0.05) is 37.1 Å². The van der Waals surface area contributed by atoms with Crippen LogP contribution in [0.5, 0.6) is 0 Å². The molecule has 0 atom stereocenters. The fraction of sp³-hybridized carbons (Fsp3) is 0.462. The van der Waals surface area contributed by atoms with Crippen LogP contribution in [0.4, 0.5) is 0 Å². The highest BCUT2D eigenvalue weighted by Crippen LogP contribution is 2.35. The van der Waals surface area contributed by atoms with Gasteiger partial charge in [-0.05, 0) is 29.9 Å². The molecule has 0 spiro atoms. The molecule has 16 heavy (non-hydrogen) atoms. The first-order valence-electron chi connectivity index (χ1n) is 5.63. The topological polar surface area (TPSA) is 43.1 Å². The number of hydrogen-bond donors (Lipinski definition) is 1. The van der Waals surface area contributed by atoms with E-state index in [4.69, 9.17) is 5.73 Å². The van der Waals surface area contributed by atoms with Crippen molar-refractivity contribution in [3.63, 3.8) is 0 Å². The number of benzene rings is 1. The van der Waals surface area contributed by atoms with Gasteiger partial charge in [-0.25, -0.2) is 0 Å². The van der Waals surface area contributed by atoms with Crippen LogP contribution in [0, 0.1) is 0 Å². The number of hydrogen-bond acceptors (Lipinski definition) is 1. The van der Waals surface area contributed by atoms with Crippen LogP contribution in [0.25, 0.3) is 0 Å². The highest BCUT2D eigenvalue weighted by Gasteiger charge is 2.19. The van der Waals surface area contributed by atoms with Crippen LogP contribution in [-0.4, -0.2) is 5.91 Å². The van der Waals surface area contributed by atoms with E-state index in [0.717, 1.165) is 5.56 Å². The van der Waals surface area contributed by atoms with Crippen molar-refractivity contribution in [2.45, 2.75) is 38.0 Å². The third-order valence-corrected chi connectivity index (χ3v) is 3.21. The van der Waals surface area contributed by atoms with E-state index in [9.17, 15) is 4.79 Å². The van der Waals surface area contributed by atoms with Crippen molar-refractivity contribution in [2.75, 3.05) is 0 Å². The number of primary amides is 1. The maximum atomic E-state index is 11.0. The molecule has 1 aliphatic carbocycles. The van der Waals surface area contributed by atoms with Gasteiger partial charge in [-0.3, -0.25) is 4.79 Å². The SMILES string of the molecule is Cl.NC(=O)Cc1ccccc1C1CCCC1. The maximum Gasteiger partial charge on any atom is 0.221 e. The zero-order chi connectivity index (χ0) is 10.7. The second kappa shape index (κ2) is 5.90. The van der Waals surface area contributed by atoms with Gasteiger partial charge in [0, 0.05) is 0 Å². The zero-order valence-electron chi connectivity index (χ0n) is 9.32. The Labute approximate surface area is 103 Å². The van der Waals surface area contributed by atoms with Gasteiger partial charge in [-0.2, -0.15) is 0 Å². The summed E-state index contributed by atoms with van der Waals surface area (Å²) in [6.07, 6.45) is 5.53. The van der Waals surface area contributed by atoms with Crippen molar-refractivity contribution in [1.29, 1.82) is 0 Å². The van der Waals surface area contributed by atoms with E-state index >= 15 is 0 Å². The molecule has 2 nitrogen and oxygen atoms in total. The van der Waals surface area contributed by atoms with Gasteiger partial charge in [-0.15, -0.1) is 12.4 Å². The minimum absolute atomic E-state index is 0. The second-order valence-electron chi connectivity index (χ2n) is 4.32. The van der Waals surface area contributed by atoms with Crippen molar-refractivity contribution in [2.24, 2.45) is 5.73 Å². The molecule has 0 aliphatic heterocycles. The van der Waals surface area contributed by atoms with E-state index < -0.39 is 0 Å². The third-order valence-electron chi connectivity index (χ3n) is 3.21. The van der Waals surface area contributed by atoms with Crippen LogP contribution in [0.2, 0.25) is 0 Å². The lowest BCUT2D eigenvalue weighted by Gasteiger charge is -2.14. The van der Waals surface area contributed by atoms with Crippen LogP contribution in [0.1, 0.15) is 42.7 Å². The molecular formula is C13H18ClNO. The summed E-state index contributed by atoms with van der Waals surface area (Å²) in [4.78, 5) is 11.0. The van der Waals surface area contributed by atoms with Crippen LogP contribution < -0.4 is 5.73 Å². The summed E-state index contributed by atoms with van der Waals surface area (Å²) < 4.78 is 0. The van der Waals surface area contributed by atoms with E-state index in [1.807, 2.05) is 12.1 Å². The summed E-state index contributed by atoms with van der Waals surface area (Å²) >= 11 is 0. The lowest BCUT2D eigenvalue weighted by atomic mass is 9.91. The summed E-state index contributed by atoms with van der Waals surface area (Å²) in [5.41, 5.74) is 7.72. The Morgan fingerprint density at radius 1 is 1.25 bits per heavy atom. The lowest BCUT2D eigenvalue weighted by molar-refractivity contribution is -0.117. The molecule has 0 radical (unpaired) electrons. The molecule has 0 saturated heterocycles. The molecule has 1 fully saturated rings. The Hall–Kier alpha value is -1.02. The maximum absolute atomic E-state index is 11.0. The molecule has 0 unspecified atom stereocenters. The molecule has 1 amide bonds. The third kappa shape index (κ3) is 2.99. The van der Waals surface area contributed by atoms with Crippen molar-refractivity contribution < 1.29 is 4.79 Å². The van der Waals surface area contributed by atoms with Gasteiger partial charge < -0.3 is 5.73 Å². The monoisotopic (exact) mass is 239 g/mol. The summed E-state index contributed by atoms with van der Waals surface area (Å²) in [5.74, 6) is 0.418. The van der Waals surface area contributed by atoms with Gasteiger partial charge in [0.2, 0.25) is 5.91 Å². The molecule has 2 N–H and O–H groups in total. The first-order chi connectivity index (χ1) is 7.27. The molecule has 3 heteroatoms. The van der Waals surface area contributed by atoms with E-state index in [1.54, 1.807) is 0 Å². The quantitative estimate of drug-likeness (QED) is 0.866. The molecule has 88 valence electrons. The van der Waals surface area contributed by atoms with Crippen LogP contribution >= 0.6 is 12.4 Å². The normalized spacial score (nSPS) is 15.8. The molecule has 2 rings (SSSR count). The van der Waals surface area contributed by atoms with Gasteiger partial charge in [0.25, 0.3) is 0 Å². The minimum atomic E-state index is -0.236. The Balaban J connectivity index is 0.00000128. The summed E-state index contributed by atoms with van der Waals surface area (Å²) in [6.45, 7) is 0. The van der Waals surface area contributed by atoms with Crippen LogP contribution in [0.3, 0.4) is 0 Å². The predicted molar refractivity (Wildman–Crippen MR) is 67.8 cm³/mol. The number of carbonyl (C=O) groups is 1. The molecule has 0 heterocycles. The molecule has 1 aromatic rings. The van der Waals surface area contributed by atoms with Crippen molar-refractivity contribution in [3.05, 3.63) is 35.4 Å². The summed E-state index contributed by atoms with van der Waals surface area (Å²) in [7, 11) is 0. The van der Waals surface area contributed by atoms with E-state index in [0.29, 0.717) is 12.3 Å². The minimum Gasteiger partial charge on any atom is -0.369 e. The smallest absolute Gasteiger partial charge is 0.221 e. The first kappa shape index (κ1) is 13.0. The fourth-order valence-corrected chi connectivity index (χ4v) is 2.52. The summed E-state index contributed by atoms with van der Waals surface area (Å²) in [6, 6.07) is 8.21. The number of rotatable bonds is 3. The second-order valence-corrected chi connectivity index (χ2v) is 4.32. The van der Waals surface area contributed by atoms with Gasteiger partial charge in [0.15, 0.2) is 0 Å². The standard InChI is InChI=1S/C13H17NO.ClH/c14-13(15)9-11-7-3-4-8-12(11)10-5-1-2-6-10;/h3-4,7-8,10H,1-2,5-6,9H2,(H2,14,15);1H. The average Bonchev–Trinajstić information content (AvgIpc) is 2.70. The van der Waals surface area contributed by atoms with Crippen molar-refractivity contribution in [1.82, 2.24) is 0 Å². The van der Waals surface area contributed by atoms with E-state index in [2.05, 4.69) is 12.1 Å². The van der Waals surface area contributed by atoms with Gasteiger partial charge >= 0.3 is 0 Å². The first-order valence-corrected chi connectivity index (χ1v) is 5.63. The Morgan fingerprint density at radius 2 is 1.88 bits per heavy atom. The van der Waals surface area contributed by atoms with Crippen molar-refractivity contribution in [3.8, 4) is 0 Å². The Bertz CT molecular complexity index is 359. The number of halogens is 1.